The van der Waals surface area contributed by atoms with Crippen molar-refractivity contribution in [2.24, 2.45) is 0 Å². The molecule has 0 aliphatic rings. The van der Waals surface area contributed by atoms with E-state index in [1.165, 1.54) is 0 Å². The Morgan fingerprint density at radius 2 is 1.45 bits per heavy atom. The minimum absolute atomic E-state index is 0.244. The SMILES string of the molecule is CCCCCOP(=O)(OCCCCC)C(CC)C(=O)O. The molecule has 0 fully saturated rings. The van der Waals surface area contributed by atoms with Gasteiger partial charge in [0.05, 0.1) is 13.2 Å². The molecular weight excluding hydrogens is 279 g/mol. The van der Waals surface area contributed by atoms with Crippen molar-refractivity contribution in [3.8, 4) is 0 Å². The van der Waals surface area contributed by atoms with Crippen LogP contribution in [0.3, 0.4) is 0 Å². The van der Waals surface area contributed by atoms with Gasteiger partial charge in [-0.3, -0.25) is 9.36 Å². The molecule has 0 aromatic carbocycles. The summed E-state index contributed by atoms with van der Waals surface area (Å²) in [7, 11) is -3.57. The molecule has 0 heterocycles. The van der Waals surface area contributed by atoms with E-state index in [2.05, 4.69) is 13.8 Å². The molecule has 0 aromatic rings. The summed E-state index contributed by atoms with van der Waals surface area (Å²) in [6, 6.07) is 0. The zero-order valence-electron chi connectivity index (χ0n) is 13.0. The van der Waals surface area contributed by atoms with Gasteiger partial charge in [-0.05, 0) is 19.3 Å². The number of unbranched alkanes of at least 4 members (excludes halogenated alkanes) is 4. The average Bonchev–Trinajstić information content (AvgIpc) is 2.40. The second-order valence-electron chi connectivity index (χ2n) is 4.88. The van der Waals surface area contributed by atoms with E-state index in [9.17, 15) is 14.5 Å². The Balaban J connectivity index is 4.56. The predicted molar refractivity (Wildman–Crippen MR) is 80.3 cm³/mol. The van der Waals surface area contributed by atoms with Gasteiger partial charge in [-0.2, -0.15) is 0 Å². The summed E-state index contributed by atoms with van der Waals surface area (Å²) in [4.78, 5) is 11.2. The summed E-state index contributed by atoms with van der Waals surface area (Å²) in [5.74, 6) is -1.11. The van der Waals surface area contributed by atoms with E-state index in [1.807, 2.05) is 0 Å². The van der Waals surface area contributed by atoms with Gasteiger partial charge in [0.15, 0.2) is 5.66 Å². The van der Waals surface area contributed by atoms with Crippen molar-refractivity contribution in [2.75, 3.05) is 13.2 Å². The maximum absolute atomic E-state index is 12.7. The Labute approximate surface area is 122 Å². The van der Waals surface area contributed by atoms with Crippen molar-refractivity contribution in [1.82, 2.24) is 0 Å². The van der Waals surface area contributed by atoms with Crippen LogP contribution in [0.5, 0.6) is 0 Å². The third-order valence-electron chi connectivity index (χ3n) is 3.09. The molecule has 5 nitrogen and oxygen atoms in total. The summed E-state index contributed by atoms with van der Waals surface area (Å²) < 4.78 is 23.4. The molecule has 0 aliphatic carbocycles. The normalized spacial score (nSPS) is 13.3. The summed E-state index contributed by atoms with van der Waals surface area (Å²) >= 11 is 0. The average molecular weight is 308 g/mol. The fourth-order valence-electron chi connectivity index (χ4n) is 1.84. The quantitative estimate of drug-likeness (QED) is 0.402. The van der Waals surface area contributed by atoms with Gasteiger partial charge in [-0.15, -0.1) is 0 Å². The molecule has 6 heteroatoms. The molecule has 120 valence electrons. The molecular formula is C14H29O5P. The molecule has 0 saturated heterocycles. The minimum atomic E-state index is -3.57. The van der Waals surface area contributed by atoms with E-state index in [-0.39, 0.29) is 6.42 Å². The molecule has 0 spiro atoms. The molecule has 1 atom stereocenters. The highest BCUT2D eigenvalue weighted by Crippen LogP contribution is 2.54. The van der Waals surface area contributed by atoms with Crippen LogP contribution in [0, 0.1) is 0 Å². The second-order valence-corrected chi connectivity index (χ2v) is 7.10. The molecule has 0 aromatic heterocycles. The van der Waals surface area contributed by atoms with Gasteiger partial charge in [0.1, 0.15) is 0 Å². The topological polar surface area (TPSA) is 72.8 Å². The van der Waals surface area contributed by atoms with E-state index >= 15 is 0 Å². The van der Waals surface area contributed by atoms with Gasteiger partial charge in [0.25, 0.3) is 0 Å². The predicted octanol–water partition coefficient (Wildman–Crippen LogP) is 4.46. The largest absolute Gasteiger partial charge is 0.481 e. The van der Waals surface area contributed by atoms with E-state index < -0.39 is 19.2 Å². The Kier molecular flexibility index (Phi) is 11.1. The van der Waals surface area contributed by atoms with Gasteiger partial charge < -0.3 is 14.2 Å². The van der Waals surface area contributed by atoms with Crippen molar-refractivity contribution in [3.05, 3.63) is 0 Å². The molecule has 0 rings (SSSR count). The zero-order valence-corrected chi connectivity index (χ0v) is 13.9. The number of rotatable bonds is 13. The highest BCUT2D eigenvalue weighted by Gasteiger charge is 2.40. The summed E-state index contributed by atoms with van der Waals surface area (Å²) in [5, 5.41) is 9.18. The maximum atomic E-state index is 12.7. The van der Waals surface area contributed by atoms with Crippen LogP contribution in [0.1, 0.15) is 65.7 Å². The Morgan fingerprint density at radius 3 is 1.75 bits per heavy atom. The first-order valence-electron chi connectivity index (χ1n) is 7.63. The lowest BCUT2D eigenvalue weighted by Crippen LogP contribution is -2.22. The van der Waals surface area contributed by atoms with Crippen LogP contribution in [0.2, 0.25) is 0 Å². The third kappa shape index (κ3) is 7.41. The molecule has 0 aliphatic heterocycles. The highest BCUT2D eigenvalue weighted by molar-refractivity contribution is 7.55. The molecule has 0 bridgehead atoms. The van der Waals surface area contributed by atoms with Crippen LogP contribution in [-0.4, -0.2) is 29.9 Å². The van der Waals surface area contributed by atoms with Crippen LogP contribution < -0.4 is 0 Å². The van der Waals surface area contributed by atoms with Crippen LogP contribution in [0.25, 0.3) is 0 Å². The summed E-state index contributed by atoms with van der Waals surface area (Å²) in [6.07, 6.45) is 5.79. The Bertz CT molecular complexity index is 290. The minimum Gasteiger partial charge on any atom is -0.481 e. The Hall–Kier alpha value is -0.380. The molecule has 0 radical (unpaired) electrons. The standard InChI is InChI=1S/C14H29O5P/c1-4-7-9-11-18-20(17,13(6-3)14(15)16)19-12-10-8-5-2/h13H,4-12H2,1-3H3,(H,15,16). The van der Waals surface area contributed by atoms with Crippen molar-refractivity contribution in [2.45, 2.75) is 71.4 Å². The van der Waals surface area contributed by atoms with Crippen LogP contribution >= 0.6 is 7.60 Å². The first kappa shape index (κ1) is 19.6. The van der Waals surface area contributed by atoms with Crippen molar-refractivity contribution in [3.63, 3.8) is 0 Å². The molecule has 1 unspecified atom stereocenters. The smallest absolute Gasteiger partial charge is 0.344 e. The van der Waals surface area contributed by atoms with Crippen molar-refractivity contribution in [1.29, 1.82) is 0 Å². The highest BCUT2D eigenvalue weighted by atomic mass is 31.2. The number of aliphatic carboxylic acids is 1. The van der Waals surface area contributed by atoms with Gasteiger partial charge in [-0.1, -0.05) is 46.5 Å². The molecule has 0 saturated carbocycles. The van der Waals surface area contributed by atoms with E-state index in [0.29, 0.717) is 13.2 Å². The van der Waals surface area contributed by atoms with Gasteiger partial charge in [0.2, 0.25) is 0 Å². The van der Waals surface area contributed by atoms with E-state index in [1.54, 1.807) is 6.92 Å². The van der Waals surface area contributed by atoms with Gasteiger partial charge in [-0.25, -0.2) is 0 Å². The number of carbonyl (C=O) groups is 1. The fourth-order valence-corrected chi connectivity index (χ4v) is 3.76. The Morgan fingerprint density at radius 1 is 1.00 bits per heavy atom. The molecule has 1 N–H and O–H groups in total. The van der Waals surface area contributed by atoms with E-state index in [4.69, 9.17) is 9.05 Å². The van der Waals surface area contributed by atoms with Crippen molar-refractivity contribution < 1.29 is 23.5 Å². The van der Waals surface area contributed by atoms with Gasteiger partial charge >= 0.3 is 13.6 Å². The number of carboxylic acid groups (broad SMARTS) is 1. The van der Waals surface area contributed by atoms with Crippen LogP contribution in [0.4, 0.5) is 0 Å². The van der Waals surface area contributed by atoms with Crippen molar-refractivity contribution >= 4 is 13.6 Å². The van der Waals surface area contributed by atoms with Gasteiger partial charge in [0, 0.05) is 0 Å². The fraction of sp³-hybridized carbons (Fsp3) is 0.929. The number of hydrogen-bond donors (Lipinski definition) is 1. The molecule has 0 amide bonds. The van der Waals surface area contributed by atoms with E-state index in [0.717, 1.165) is 38.5 Å². The first-order valence-corrected chi connectivity index (χ1v) is 9.24. The number of carboxylic acids is 1. The monoisotopic (exact) mass is 308 g/mol. The number of hydrogen-bond acceptors (Lipinski definition) is 4. The lowest BCUT2D eigenvalue weighted by molar-refractivity contribution is -0.137. The van der Waals surface area contributed by atoms with Crippen LogP contribution in [-0.2, 0) is 18.4 Å². The molecule has 20 heavy (non-hydrogen) atoms. The summed E-state index contributed by atoms with van der Waals surface area (Å²) in [6.45, 7) is 6.40. The second kappa shape index (κ2) is 11.3. The zero-order chi connectivity index (χ0) is 15.4. The lowest BCUT2D eigenvalue weighted by atomic mass is 10.3. The third-order valence-corrected chi connectivity index (χ3v) is 5.53. The lowest BCUT2D eigenvalue weighted by Gasteiger charge is -2.23. The summed E-state index contributed by atoms with van der Waals surface area (Å²) in [5.41, 5.74) is -1.06. The maximum Gasteiger partial charge on any atom is 0.344 e. The van der Waals surface area contributed by atoms with Crippen LogP contribution in [0.15, 0.2) is 0 Å². The first-order chi connectivity index (χ1) is 9.51.